The van der Waals surface area contributed by atoms with Gasteiger partial charge in [-0.15, -0.1) is 0 Å². The van der Waals surface area contributed by atoms with Gasteiger partial charge in [0.05, 0.1) is 6.07 Å². The van der Waals surface area contributed by atoms with Crippen LogP contribution >= 0.6 is 0 Å². The number of nitrogens with zero attached hydrogens (tertiary/aromatic N) is 1. The van der Waals surface area contributed by atoms with E-state index in [1.54, 1.807) is 0 Å². The van der Waals surface area contributed by atoms with Gasteiger partial charge in [0, 0.05) is 6.42 Å². The predicted molar refractivity (Wildman–Crippen MR) is 80.7 cm³/mol. The first-order chi connectivity index (χ1) is 9.71. The van der Waals surface area contributed by atoms with Gasteiger partial charge in [-0.05, 0) is 49.9 Å². The van der Waals surface area contributed by atoms with E-state index in [1.165, 1.54) is 5.56 Å². The molecule has 0 saturated heterocycles. The van der Waals surface area contributed by atoms with E-state index in [1.807, 2.05) is 12.1 Å². The fraction of sp³-hybridized carbons (Fsp3) is 0.588. The van der Waals surface area contributed by atoms with Gasteiger partial charge >= 0.3 is 0 Å². The molecule has 0 aromatic heterocycles. The standard InChI is InChI=1S/C17H24N2O/c1-3-11-19-17(13-18)10-9-16(12-17)20-15-7-5-14(4-2)6-8-15/h5-8,16,19H,3-4,9-12H2,1-2H3. The Morgan fingerprint density at radius 2 is 2.10 bits per heavy atom. The Morgan fingerprint density at radius 1 is 1.35 bits per heavy atom. The number of hydrogen-bond acceptors (Lipinski definition) is 3. The minimum atomic E-state index is -0.385. The molecule has 1 aliphatic rings. The van der Waals surface area contributed by atoms with E-state index in [0.717, 1.165) is 44.4 Å². The topological polar surface area (TPSA) is 45.0 Å². The van der Waals surface area contributed by atoms with Gasteiger partial charge in [0.15, 0.2) is 0 Å². The summed E-state index contributed by atoms with van der Waals surface area (Å²) in [6.07, 6.45) is 4.84. The number of benzene rings is 1. The third-order valence-electron chi connectivity index (χ3n) is 4.03. The van der Waals surface area contributed by atoms with Gasteiger partial charge in [-0.3, -0.25) is 5.32 Å². The molecule has 3 heteroatoms. The van der Waals surface area contributed by atoms with E-state index in [-0.39, 0.29) is 11.6 Å². The van der Waals surface area contributed by atoms with Gasteiger partial charge in [0.1, 0.15) is 17.4 Å². The molecular weight excluding hydrogens is 248 g/mol. The summed E-state index contributed by atoms with van der Waals surface area (Å²) >= 11 is 0. The van der Waals surface area contributed by atoms with Crippen LogP contribution in [0, 0.1) is 11.3 Å². The van der Waals surface area contributed by atoms with Crippen LogP contribution in [0.15, 0.2) is 24.3 Å². The van der Waals surface area contributed by atoms with Crippen LogP contribution in [0.3, 0.4) is 0 Å². The zero-order valence-corrected chi connectivity index (χ0v) is 12.5. The number of hydrogen-bond donors (Lipinski definition) is 1. The minimum Gasteiger partial charge on any atom is -0.490 e. The first kappa shape index (κ1) is 14.9. The largest absolute Gasteiger partial charge is 0.490 e. The van der Waals surface area contributed by atoms with Crippen molar-refractivity contribution in [3.63, 3.8) is 0 Å². The second-order valence-corrected chi connectivity index (χ2v) is 5.60. The number of rotatable bonds is 6. The molecule has 108 valence electrons. The summed E-state index contributed by atoms with van der Waals surface area (Å²) in [7, 11) is 0. The molecule has 0 bridgehead atoms. The number of ether oxygens (including phenoxy) is 1. The fourth-order valence-electron chi connectivity index (χ4n) is 2.76. The molecular formula is C17H24N2O. The monoisotopic (exact) mass is 272 g/mol. The molecule has 1 aromatic rings. The number of nitriles is 1. The van der Waals surface area contributed by atoms with Gasteiger partial charge in [-0.1, -0.05) is 26.0 Å². The lowest BCUT2D eigenvalue weighted by molar-refractivity contribution is 0.201. The minimum absolute atomic E-state index is 0.145. The van der Waals surface area contributed by atoms with Crippen molar-refractivity contribution in [3.8, 4) is 11.8 Å². The maximum absolute atomic E-state index is 9.43. The zero-order valence-electron chi connectivity index (χ0n) is 12.5. The summed E-state index contributed by atoms with van der Waals surface area (Å²) in [6.45, 7) is 5.16. The van der Waals surface area contributed by atoms with Crippen LogP contribution in [0.4, 0.5) is 0 Å². The van der Waals surface area contributed by atoms with Crippen LogP contribution in [0.1, 0.15) is 45.1 Å². The Bertz CT molecular complexity index is 463. The lowest BCUT2D eigenvalue weighted by Crippen LogP contribution is -2.42. The fourth-order valence-corrected chi connectivity index (χ4v) is 2.76. The third-order valence-corrected chi connectivity index (χ3v) is 4.03. The highest BCUT2D eigenvalue weighted by molar-refractivity contribution is 5.28. The molecule has 3 nitrogen and oxygen atoms in total. The molecule has 1 aliphatic carbocycles. The van der Waals surface area contributed by atoms with Crippen molar-refractivity contribution in [2.45, 2.75) is 57.6 Å². The van der Waals surface area contributed by atoms with E-state index in [9.17, 15) is 5.26 Å². The highest BCUT2D eigenvalue weighted by atomic mass is 16.5. The lowest BCUT2D eigenvalue weighted by Gasteiger charge is -2.22. The van der Waals surface area contributed by atoms with Crippen molar-refractivity contribution in [3.05, 3.63) is 29.8 Å². The Morgan fingerprint density at radius 3 is 2.70 bits per heavy atom. The maximum atomic E-state index is 9.43. The van der Waals surface area contributed by atoms with Crippen molar-refractivity contribution < 1.29 is 4.74 Å². The molecule has 2 rings (SSSR count). The second kappa shape index (κ2) is 6.76. The first-order valence-corrected chi connectivity index (χ1v) is 7.63. The average molecular weight is 272 g/mol. The molecule has 20 heavy (non-hydrogen) atoms. The number of aryl methyl sites for hydroxylation is 1. The van der Waals surface area contributed by atoms with Crippen LogP contribution in [-0.2, 0) is 6.42 Å². The second-order valence-electron chi connectivity index (χ2n) is 5.60. The quantitative estimate of drug-likeness (QED) is 0.862. The van der Waals surface area contributed by atoms with Crippen molar-refractivity contribution in [2.24, 2.45) is 0 Å². The van der Waals surface area contributed by atoms with Crippen molar-refractivity contribution in [1.82, 2.24) is 5.32 Å². The SMILES string of the molecule is CCCNC1(C#N)CCC(Oc2ccc(CC)cc2)C1. The average Bonchev–Trinajstić information content (AvgIpc) is 2.90. The number of nitrogens with one attached hydrogen (secondary N) is 1. The molecule has 0 radical (unpaired) electrons. The van der Waals surface area contributed by atoms with Crippen LogP contribution in [0.5, 0.6) is 5.75 Å². The van der Waals surface area contributed by atoms with Crippen molar-refractivity contribution in [2.75, 3.05) is 6.54 Å². The summed E-state index contributed by atoms with van der Waals surface area (Å²) in [5.74, 6) is 0.913. The summed E-state index contributed by atoms with van der Waals surface area (Å²) in [5, 5.41) is 12.8. The van der Waals surface area contributed by atoms with Gasteiger partial charge in [0.2, 0.25) is 0 Å². The third kappa shape index (κ3) is 3.52. The van der Waals surface area contributed by atoms with E-state index in [4.69, 9.17) is 4.74 Å². The Balaban J connectivity index is 1.93. The Kier molecular flexibility index (Phi) is 5.03. The molecule has 2 atom stereocenters. The van der Waals surface area contributed by atoms with Crippen LogP contribution < -0.4 is 10.1 Å². The predicted octanol–water partition coefficient (Wildman–Crippen LogP) is 3.44. The lowest BCUT2D eigenvalue weighted by atomic mass is 9.99. The summed E-state index contributed by atoms with van der Waals surface area (Å²) in [6, 6.07) is 10.7. The highest BCUT2D eigenvalue weighted by Crippen LogP contribution is 2.32. The highest BCUT2D eigenvalue weighted by Gasteiger charge is 2.40. The molecule has 0 aliphatic heterocycles. The molecule has 1 N–H and O–H groups in total. The molecule has 2 unspecified atom stereocenters. The van der Waals surface area contributed by atoms with Crippen LogP contribution in [-0.4, -0.2) is 18.2 Å². The van der Waals surface area contributed by atoms with Gasteiger partial charge in [-0.25, -0.2) is 0 Å². The van der Waals surface area contributed by atoms with Gasteiger partial charge in [-0.2, -0.15) is 5.26 Å². The van der Waals surface area contributed by atoms with Gasteiger partial charge < -0.3 is 4.74 Å². The maximum Gasteiger partial charge on any atom is 0.119 e. The molecule has 0 amide bonds. The smallest absolute Gasteiger partial charge is 0.119 e. The molecule has 0 heterocycles. The van der Waals surface area contributed by atoms with E-state index in [2.05, 4.69) is 37.4 Å². The Labute approximate surface area is 121 Å². The van der Waals surface area contributed by atoms with Crippen molar-refractivity contribution in [1.29, 1.82) is 5.26 Å². The summed E-state index contributed by atoms with van der Waals surface area (Å²) in [4.78, 5) is 0. The molecule has 0 spiro atoms. The molecule has 1 saturated carbocycles. The normalized spacial score (nSPS) is 25.4. The van der Waals surface area contributed by atoms with Gasteiger partial charge in [0.25, 0.3) is 0 Å². The van der Waals surface area contributed by atoms with E-state index in [0.29, 0.717) is 0 Å². The first-order valence-electron chi connectivity index (χ1n) is 7.63. The Hall–Kier alpha value is -1.53. The van der Waals surface area contributed by atoms with E-state index < -0.39 is 0 Å². The molecule has 1 aromatic carbocycles. The van der Waals surface area contributed by atoms with Crippen LogP contribution in [0.25, 0.3) is 0 Å². The molecule has 1 fully saturated rings. The van der Waals surface area contributed by atoms with Crippen molar-refractivity contribution >= 4 is 0 Å². The summed E-state index contributed by atoms with van der Waals surface area (Å²) in [5.41, 5.74) is 0.934. The zero-order chi connectivity index (χ0) is 14.4. The van der Waals surface area contributed by atoms with E-state index >= 15 is 0 Å². The summed E-state index contributed by atoms with van der Waals surface area (Å²) < 4.78 is 6.02. The van der Waals surface area contributed by atoms with Crippen LogP contribution in [0.2, 0.25) is 0 Å².